The fourth-order valence-electron chi connectivity index (χ4n) is 2.46. The van der Waals surface area contributed by atoms with Crippen molar-refractivity contribution in [1.29, 1.82) is 0 Å². The predicted molar refractivity (Wildman–Crippen MR) is 107 cm³/mol. The van der Waals surface area contributed by atoms with E-state index in [9.17, 15) is 18.0 Å². The van der Waals surface area contributed by atoms with Crippen LogP contribution in [0.15, 0.2) is 65.7 Å². The Morgan fingerprint density at radius 2 is 1.83 bits per heavy atom. The van der Waals surface area contributed by atoms with Gasteiger partial charge in [0.05, 0.1) is 12.1 Å². The number of fused-ring (bicyclic) bond motifs is 1. The Morgan fingerprint density at radius 3 is 2.59 bits per heavy atom. The van der Waals surface area contributed by atoms with E-state index in [1.54, 1.807) is 18.2 Å². The van der Waals surface area contributed by atoms with Gasteiger partial charge >= 0.3 is 5.97 Å². The fraction of sp³-hybridized carbons (Fsp3) is 0.0952. The summed E-state index contributed by atoms with van der Waals surface area (Å²) in [4.78, 5) is 27.8. The molecular weight excluding hydrogens is 392 g/mol. The number of nitrogens with one attached hydrogen (secondary N) is 1. The van der Waals surface area contributed by atoms with Gasteiger partial charge in [0.1, 0.15) is 6.61 Å². The second kappa shape index (κ2) is 9.48. The maximum Gasteiger partial charge on any atom is 0.384 e. The van der Waals surface area contributed by atoms with Crippen molar-refractivity contribution >= 4 is 33.5 Å². The average molecular weight is 408 g/mol. The molecule has 3 rings (SSSR count). The van der Waals surface area contributed by atoms with Gasteiger partial charge < -0.3 is 10.1 Å². The van der Waals surface area contributed by atoms with Crippen LogP contribution in [0.2, 0.25) is 0 Å². The van der Waals surface area contributed by atoms with Crippen LogP contribution in [0.3, 0.4) is 0 Å². The Labute approximate surface area is 168 Å². The number of hydrogen-bond donors (Lipinski definition) is 2. The second-order valence-electron chi connectivity index (χ2n) is 5.88. The van der Waals surface area contributed by atoms with Gasteiger partial charge in [0, 0.05) is 16.9 Å². The normalized spacial score (nSPS) is 10.2. The van der Waals surface area contributed by atoms with E-state index < -0.39 is 16.7 Å². The number of thiol groups is 1. The summed E-state index contributed by atoms with van der Waals surface area (Å²) in [7, 11) is -2.76. The summed E-state index contributed by atoms with van der Waals surface area (Å²) in [6.07, 6.45) is 0. The predicted octanol–water partition coefficient (Wildman–Crippen LogP) is 1.68. The average Bonchev–Trinajstić information content (AvgIpc) is 2.75. The molecule has 1 heterocycles. The molecule has 29 heavy (non-hydrogen) atoms. The Bertz CT molecular complexity index is 1190. The lowest BCUT2D eigenvalue weighted by molar-refractivity contribution is -0.137. The Kier molecular flexibility index (Phi) is 6.55. The van der Waals surface area contributed by atoms with Crippen LogP contribution in [0.5, 0.6) is 0 Å². The summed E-state index contributed by atoms with van der Waals surface area (Å²) in [6, 6.07) is 16.9. The largest absolute Gasteiger partial charge is 0.451 e. The summed E-state index contributed by atoms with van der Waals surface area (Å²) < 4.78 is 27.0. The molecule has 0 aliphatic carbocycles. The van der Waals surface area contributed by atoms with Gasteiger partial charge in [0.2, 0.25) is 0 Å². The van der Waals surface area contributed by atoms with Crippen LogP contribution in [0, 0.1) is 11.8 Å². The van der Waals surface area contributed by atoms with Crippen LogP contribution in [0.4, 0.5) is 0 Å². The van der Waals surface area contributed by atoms with E-state index >= 15 is 0 Å². The first-order valence-electron chi connectivity index (χ1n) is 8.56. The zero-order valence-electron chi connectivity index (χ0n) is 15.1. The van der Waals surface area contributed by atoms with Crippen LogP contribution in [0.25, 0.3) is 10.9 Å². The summed E-state index contributed by atoms with van der Waals surface area (Å²) in [5.74, 6) is 3.81. The first kappa shape index (κ1) is 20.0. The second-order valence-corrected chi connectivity index (χ2v) is 6.85. The molecule has 0 fully saturated rings. The van der Waals surface area contributed by atoms with E-state index in [1.807, 2.05) is 30.3 Å². The lowest BCUT2D eigenvalue weighted by atomic mass is 10.1. The highest BCUT2D eigenvalue weighted by Gasteiger charge is 2.07. The van der Waals surface area contributed by atoms with Gasteiger partial charge in [-0.3, -0.25) is 4.79 Å². The quantitative estimate of drug-likeness (QED) is 0.288. The number of aromatic nitrogens is 1. The molecule has 0 spiro atoms. The summed E-state index contributed by atoms with van der Waals surface area (Å²) >= 11 is 0. The molecular formula is C21H16N2O5S. The Morgan fingerprint density at radius 1 is 1.03 bits per heavy atom. The van der Waals surface area contributed by atoms with Crippen molar-refractivity contribution in [2.45, 2.75) is 11.6 Å². The SMILES string of the molecule is O=C(C#CCNC(=O)c1ccc2nc([SH](=O)=O)ccc2c1)OCc1ccccc1. The van der Waals surface area contributed by atoms with Crippen LogP contribution < -0.4 is 5.32 Å². The topological polar surface area (TPSA) is 102 Å². The van der Waals surface area contributed by atoms with Gasteiger partial charge in [-0.05, 0) is 35.9 Å². The molecule has 146 valence electrons. The molecule has 0 aliphatic heterocycles. The number of nitrogens with zero attached hydrogens (tertiary/aromatic N) is 1. The minimum Gasteiger partial charge on any atom is -0.451 e. The van der Waals surface area contributed by atoms with Crippen molar-refractivity contribution in [3.05, 3.63) is 71.8 Å². The summed E-state index contributed by atoms with van der Waals surface area (Å²) in [6.45, 7) is 0.110. The number of esters is 1. The third-order valence-corrected chi connectivity index (χ3v) is 4.49. The van der Waals surface area contributed by atoms with Crippen LogP contribution >= 0.6 is 0 Å². The van der Waals surface area contributed by atoms with Crippen molar-refractivity contribution in [3.8, 4) is 11.8 Å². The fourth-order valence-corrected chi connectivity index (χ4v) is 2.85. The molecule has 2 aromatic carbocycles. The van der Waals surface area contributed by atoms with Crippen molar-refractivity contribution in [1.82, 2.24) is 10.3 Å². The highest BCUT2D eigenvalue weighted by molar-refractivity contribution is 7.72. The van der Waals surface area contributed by atoms with Crippen LogP contribution in [-0.4, -0.2) is 31.8 Å². The molecule has 0 saturated heterocycles. The number of carbonyl (C=O) groups is 2. The lowest BCUT2D eigenvalue weighted by Gasteiger charge is -2.04. The number of benzene rings is 2. The maximum absolute atomic E-state index is 12.2. The van der Waals surface area contributed by atoms with Gasteiger partial charge in [0.15, 0.2) is 15.7 Å². The van der Waals surface area contributed by atoms with Crippen molar-refractivity contribution in [2.75, 3.05) is 6.54 Å². The van der Waals surface area contributed by atoms with E-state index in [0.29, 0.717) is 16.5 Å². The van der Waals surface area contributed by atoms with E-state index in [0.717, 1.165) is 5.56 Å². The lowest BCUT2D eigenvalue weighted by Crippen LogP contribution is -2.23. The van der Waals surface area contributed by atoms with Gasteiger partial charge in [-0.2, -0.15) is 0 Å². The smallest absolute Gasteiger partial charge is 0.384 e. The molecule has 0 unspecified atom stereocenters. The molecule has 0 bridgehead atoms. The highest BCUT2D eigenvalue weighted by Crippen LogP contribution is 2.15. The molecule has 0 saturated carbocycles. The molecule has 1 amide bonds. The van der Waals surface area contributed by atoms with Gasteiger partial charge in [-0.25, -0.2) is 18.2 Å². The summed E-state index contributed by atoms with van der Waals surface area (Å²) in [5.41, 5.74) is 1.70. The number of pyridine rings is 1. The van der Waals surface area contributed by atoms with Gasteiger partial charge in [0.25, 0.3) is 5.91 Å². The van der Waals surface area contributed by atoms with Crippen LogP contribution in [0.1, 0.15) is 15.9 Å². The van der Waals surface area contributed by atoms with Crippen molar-refractivity contribution < 1.29 is 22.7 Å². The number of hydrogen-bond acceptors (Lipinski definition) is 6. The number of ether oxygens (including phenoxy) is 1. The van der Waals surface area contributed by atoms with Crippen LogP contribution in [-0.2, 0) is 26.8 Å². The Balaban J connectivity index is 1.53. The Hall–Kier alpha value is -3.70. The molecule has 3 aromatic rings. The van der Waals surface area contributed by atoms with E-state index in [2.05, 4.69) is 22.1 Å². The molecule has 0 aliphatic rings. The third-order valence-electron chi connectivity index (χ3n) is 3.86. The molecule has 8 heteroatoms. The number of rotatable bonds is 5. The molecule has 0 radical (unpaired) electrons. The summed E-state index contributed by atoms with van der Waals surface area (Å²) in [5, 5.41) is 3.19. The molecule has 7 nitrogen and oxygen atoms in total. The highest BCUT2D eigenvalue weighted by atomic mass is 32.2. The standard InChI is InChI=1S/C21H16N2O5S/c24-20(28-14-15-5-2-1-3-6-15)7-4-12-22-21(25)17-8-10-18-16(13-17)9-11-19(23-18)29(26)27/h1-3,5-6,8-11,13,29H,12,14H2,(H,22,25). The van der Waals surface area contributed by atoms with Crippen molar-refractivity contribution in [2.24, 2.45) is 0 Å². The molecule has 1 N–H and O–H groups in total. The van der Waals surface area contributed by atoms with E-state index in [4.69, 9.17) is 4.74 Å². The maximum atomic E-state index is 12.2. The third kappa shape index (κ3) is 5.64. The first-order chi connectivity index (χ1) is 14.0. The number of carbonyl (C=O) groups excluding carboxylic acids is 2. The monoisotopic (exact) mass is 408 g/mol. The zero-order chi connectivity index (χ0) is 20.6. The van der Waals surface area contributed by atoms with Gasteiger partial charge in [-0.1, -0.05) is 36.3 Å². The minimum absolute atomic E-state index is 0.0227. The van der Waals surface area contributed by atoms with E-state index in [-0.39, 0.29) is 24.1 Å². The van der Waals surface area contributed by atoms with Gasteiger partial charge in [-0.15, -0.1) is 0 Å². The first-order valence-corrected chi connectivity index (χ1v) is 9.73. The molecule has 0 atom stereocenters. The molecule has 1 aromatic heterocycles. The minimum atomic E-state index is -2.76. The van der Waals surface area contributed by atoms with E-state index in [1.165, 1.54) is 12.1 Å². The van der Waals surface area contributed by atoms with Crippen molar-refractivity contribution in [3.63, 3.8) is 0 Å². The zero-order valence-corrected chi connectivity index (χ0v) is 16.0. The number of amides is 1.